The lowest BCUT2D eigenvalue weighted by atomic mass is 9.12. The summed E-state index contributed by atoms with van der Waals surface area (Å²) >= 11 is 0. The van der Waals surface area contributed by atoms with Gasteiger partial charge in [0.05, 0.1) is 14.1 Å². The summed E-state index contributed by atoms with van der Waals surface area (Å²) in [6.45, 7) is 1.11. The second kappa shape index (κ2) is 15.5. The van der Waals surface area contributed by atoms with Gasteiger partial charge >= 0.3 is 0 Å². The fraction of sp³-hybridized carbons (Fsp3) is 0.0909. The average molecular weight is 815 g/mol. The molecule has 0 aliphatic carbocycles. The van der Waals surface area contributed by atoms with Crippen molar-refractivity contribution in [3.8, 4) is 0 Å². The predicted molar refractivity (Wildman–Crippen MR) is 152 cm³/mol. The van der Waals surface area contributed by atoms with Gasteiger partial charge < -0.3 is 4.90 Å². The molecule has 5 rings (SSSR count). The number of halogens is 20. The maximum atomic E-state index is 15.4. The van der Waals surface area contributed by atoms with Gasteiger partial charge in [0.2, 0.25) is 0 Å². The minimum Gasteiger partial charge on any atom is -0.336 e. The minimum atomic E-state index is -7.22. The molecule has 0 amide bonds. The highest BCUT2D eigenvalue weighted by Gasteiger charge is 2.52. The molecule has 1 nitrogen and oxygen atoms in total. The quantitative estimate of drug-likeness (QED) is 0.0906. The first kappa shape index (κ1) is 42.5. The van der Waals surface area contributed by atoms with Gasteiger partial charge in [0.15, 0.2) is 69.8 Å². The topological polar surface area (TPSA) is 4.44 Å². The molecule has 0 aliphatic heterocycles. The molecule has 1 N–H and O–H groups in total. The van der Waals surface area contributed by atoms with Crippen molar-refractivity contribution < 1.29 is 92.7 Å². The number of quaternary nitrogens is 1. The van der Waals surface area contributed by atoms with Crippen molar-refractivity contribution in [2.75, 3.05) is 14.1 Å². The third-order valence-corrected chi connectivity index (χ3v) is 8.11. The lowest BCUT2D eigenvalue weighted by molar-refractivity contribution is -0.872. The smallest absolute Gasteiger partial charge is 0.200 e. The molecule has 22 heteroatoms. The van der Waals surface area contributed by atoms with E-state index in [1.54, 1.807) is 0 Å². The molecule has 0 saturated heterocycles. The third kappa shape index (κ3) is 6.62. The lowest BCUT2D eigenvalue weighted by Crippen LogP contribution is -3.04. The van der Waals surface area contributed by atoms with Crippen LogP contribution in [0, 0.1) is 116 Å². The summed E-state index contributed by atoms with van der Waals surface area (Å²) in [5.74, 6) is -71.4. The highest BCUT2D eigenvalue weighted by atomic mass is 19.2. The van der Waals surface area contributed by atoms with E-state index in [1.165, 1.54) is 10.5 Å². The summed E-state index contributed by atoms with van der Waals surface area (Å²) in [6, 6.07) is 10.5. The van der Waals surface area contributed by atoms with Crippen molar-refractivity contribution >= 4 is 28.0 Å². The number of benzene rings is 5. The van der Waals surface area contributed by atoms with E-state index in [9.17, 15) is 52.7 Å². The normalized spacial score (nSPS) is 11.7. The van der Waals surface area contributed by atoms with Crippen molar-refractivity contribution in [3.63, 3.8) is 0 Å². The van der Waals surface area contributed by atoms with Crippen molar-refractivity contribution in [1.29, 1.82) is 0 Å². The molecule has 0 heterocycles. The van der Waals surface area contributed by atoms with Gasteiger partial charge in [-0.05, 0) is 0 Å². The van der Waals surface area contributed by atoms with Gasteiger partial charge in [-0.3, -0.25) is 0 Å². The molecule has 5 aromatic rings. The van der Waals surface area contributed by atoms with E-state index >= 15 is 35.1 Å². The van der Waals surface area contributed by atoms with Gasteiger partial charge in [-0.25, -0.2) is 87.8 Å². The average Bonchev–Trinajstić information content (AvgIpc) is 3.15. The third-order valence-electron chi connectivity index (χ3n) is 8.11. The zero-order valence-electron chi connectivity index (χ0n) is 26.7. The maximum absolute atomic E-state index is 15.4. The van der Waals surface area contributed by atoms with Crippen LogP contribution < -0.4 is 26.8 Å². The number of nitrogens with one attached hydrogen (secondary N) is 1. The first-order valence-corrected chi connectivity index (χ1v) is 14.6. The Bertz CT molecular complexity index is 1950. The van der Waals surface area contributed by atoms with Gasteiger partial charge in [0, 0.05) is 5.56 Å². The molecule has 294 valence electrons. The molecule has 55 heavy (non-hydrogen) atoms. The molecule has 0 fully saturated rings. The summed E-state index contributed by atoms with van der Waals surface area (Å²) in [6.07, 6.45) is -7.22. The summed E-state index contributed by atoms with van der Waals surface area (Å²) in [5, 5.41) is 0. The summed E-state index contributed by atoms with van der Waals surface area (Å²) in [7, 11) is 4.32. The van der Waals surface area contributed by atoms with Gasteiger partial charge in [0.1, 0.15) is 59.2 Å². The number of hydrogen-bond acceptors (Lipinski definition) is 0. The molecule has 5 aromatic carbocycles. The fourth-order valence-electron chi connectivity index (χ4n) is 5.88. The summed E-state index contributed by atoms with van der Waals surface area (Å²) in [4.78, 5) is 1.46. The maximum Gasteiger partial charge on any atom is 0.200 e. The van der Waals surface area contributed by atoms with E-state index in [1.807, 2.05) is 0 Å². The van der Waals surface area contributed by atoms with Crippen LogP contribution >= 0.6 is 0 Å². The molecule has 0 aromatic heterocycles. The molecule has 0 atom stereocenters. The SMILES string of the molecule is C[NH+](C)Cc1ccccc1.Fc1c(F)c(F)c([B-](c2c(F)c(F)c(F)c(F)c2F)(c2c(F)c(F)c(F)c(F)c2F)c2c(F)c(F)c(F)c(F)c2F)c(F)c1F. The number of rotatable bonds is 6. The molecule has 0 radical (unpaired) electrons. The van der Waals surface area contributed by atoms with E-state index < -0.39 is 144 Å². The first-order chi connectivity index (χ1) is 25.5. The Kier molecular flexibility index (Phi) is 11.9. The molecule has 0 bridgehead atoms. The lowest BCUT2D eigenvalue weighted by Gasteiger charge is -2.44. The van der Waals surface area contributed by atoms with Gasteiger partial charge in [-0.2, -0.15) is 0 Å². The highest BCUT2D eigenvalue weighted by Crippen LogP contribution is 2.30. The van der Waals surface area contributed by atoms with E-state index in [0.717, 1.165) is 6.54 Å². The Morgan fingerprint density at radius 2 is 0.491 bits per heavy atom. The molecular formula is C33H14BF20N. The Morgan fingerprint density at radius 1 is 0.309 bits per heavy atom. The van der Waals surface area contributed by atoms with Crippen molar-refractivity contribution in [1.82, 2.24) is 0 Å². The van der Waals surface area contributed by atoms with E-state index in [2.05, 4.69) is 44.4 Å². The Labute approximate surface area is 293 Å². The van der Waals surface area contributed by atoms with Crippen LogP contribution in [0.3, 0.4) is 0 Å². The van der Waals surface area contributed by atoms with Crippen LogP contribution in [0.25, 0.3) is 0 Å². The largest absolute Gasteiger partial charge is 0.336 e. The van der Waals surface area contributed by atoms with Crippen LogP contribution in [0.15, 0.2) is 30.3 Å². The summed E-state index contributed by atoms with van der Waals surface area (Å²) in [5.41, 5.74) is -12.9. The van der Waals surface area contributed by atoms with Crippen LogP contribution in [0.4, 0.5) is 87.8 Å². The highest BCUT2D eigenvalue weighted by molar-refractivity contribution is 7.20. The van der Waals surface area contributed by atoms with Gasteiger partial charge in [0.25, 0.3) is 0 Å². The molecule has 0 saturated carbocycles. The zero-order valence-corrected chi connectivity index (χ0v) is 26.7. The molecular weight excluding hydrogens is 801 g/mol. The molecule has 0 aliphatic rings. The van der Waals surface area contributed by atoms with E-state index in [4.69, 9.17) is 0 Å². The Hall–Kier alpha value is -5.28. The fourth-order valence-corrected chi connectivity index (χ4v) is 5.88. The van der Waals surface area contributed by atoms with Crippen LogP contribution in [-0.4, -0.2) is 20.2 Å². The van der Waals surface area contributed by atoms with Crippen molar-refractivity contribution in [2.24, 2.45) is 0 Å². The predicted octanol–water partition coefficient (Wildman–Crippen LogP) is 6.18. The van der Waals surface area contributed by atoms with Crippen molar-refractivity contribution in [3.05, 3.63) is 152 Å². The Morgan fingerprint density at radius 3 is 0.673 bits per heavy atom. The van der Waals surface area contributed by atoms with Crippen molar-refractivity contribution in [2.45, 2.75) is 6.54 Å². The second-order valence-electron chi connectivity index (χ2n) is 11.7. The van der Waals surface area contributed by atoms with E-state index in [-0.39, 0.29) is 0 Å². The second-order valence-corrected chi connectivity index (χ2v) is 11.7. The van der Waals surface area contributed by atoms with Gasteiger partial charge in [-0.1, -0.05) is 30.3 Å². The first-order valence-electron chi connectivity index (χ1n) is 14.6. The van der Waals surface area contributed by atoms with Crippen LogP contribution in [0.1, 0.15) is 5.56 Å². The number of hydrogen-bond donors (Lipinski definition) is 1. The van der Waals surface area contributed by atoms with Crippen LogP contribution in [-0.2, 0) is 6.54 Å². The monoisotopic (exact) mass is 815 g/mol. The standard InChI is InChI=1S/C24BF20.C9H13N/c26-5-1(6(27)14(35)21(42)13(5)34)25(2-7(28)15(36)22(43)16(37)8(2)29,3-9(30)17(38)23(44)18(39)10(3)31)4-11(32)19(40)24(45)20(41)12(4)33;1-10(2)8-9-6-4-3-5-7-9/h;3-7H,8H2,1-2H3/q-1;/p+1. The van der Waals surface area contributed by atoms with Gasteiger partial charge in [-0.15, -0.1) is 21.9 Å². The zero-order chi connectivity index (χ0) is 41.8. The van der Waals surface area contributed by atoms with E-state index in [0.29, 0.717) is 0 Å². The molecule has 0 unspecified atom stereocenters. The van der Waals surface area contributed by atoms with Crippen LogP contribution in [0.5, 0.6) is 0 Å². The Balaban J connectivity index is 0.000000583. The molecule has 0 spiro atoms. The van der Waals surface area contributed by atoms with Crippen LogP contribution in [0.2, 0.25) is 0 Å². The minimum absolute atomic E-state index is 1.11. The summed E-state index contributed by atoms with van der Waals surface area (Å²) < 4.78 is 294.